The summed E-state index contributed by atoms with van der Waals surface area (Å²) >= 11 is 0. The Morgan fingerprint density at radius 1 is 1.32 bits per heavy atom. The van der Waals surface area contributed by atoms with Crippen LogP contribution in [-0.2, 0) is 14.3 Å². The second-order valence-electron chi connectivity index (χ2n) is 9.71. The molecular weight excluding hydrogens is 316 g/mol. The molecule has 4 aliphatic carbocycles. The quantitative estimate of drug-likeness (QED) is 0.743. The van der Waals surface area contributed by atoms with Crippen LogP contribution in [0.1, 0.15) is 59.3 Å². The van der Waals surface area contributed by atoms with Gasteiger partial charge in [-0.3, -0.25) is 9.59 Å². The molecule has 1 N–H and O–H groups in total. The molecule has 136 valence electrons. The highest BCUT2D eigenvalue weighted by atomic mass is 16.6. The average Bonchev–Trinajstić information content (AvgIpc) is 3.22. The molecule has 4 fully saturated rings. The van der Waals surface area contributed by atoms with Crippen molar-refractivity contribution in [2.45, 2.75) is 77.1 Å². The van der Waals surface area contributed by atoms with Crippen molar-refractivity contribution in [3.8, 4) is 0 Å². The first-order valence-electron chi connectivity index (χ1n) is 9.85. The molecule has 4 nitrogen and oxygen atoms in total. The predicted molar refractivity (Wildman–Crippen MR) is 91.8 cm³/mol. The number of hydrogen-bond acceptors (Lipinski definition) is 4. The van der Waals surface area contributed by atoms with Crippen molar-refractivity contribution < 1.29 is 19.4 Å². The highest BCUT2D eigenvalue weighted by molar-refractivity contribution is 5.92. The van der Waals surface area contributed by atoms with Crippen LogP contribution < -0.4 is 0 Å². The number of epoxide rings is 1. The zero-order valence-corrected chi connectivity index (χ0v) is 15.4. The van der Waals surface area contributed by atoms with Gasteiger partial charge in [0.15, 0.2) is 17.2 Å². The SMILES string of the molecule is CC(=O)[C@]12O[C@@H]1C[C@@H]1[C@H]3CCC4=CC(=O)CC[C@@]4(C)[C@@H]3[C@@H](O)C[C@]12C. The maximum atomic E-state index is 12.4. The van der Waals surface area contributed by atoms with Gasteiger partial charge in [0.25, 0.3) is 0 Å². The first-order chi connectivity index (χ1) is 11.7. The van der Waals surface area contributed by atoms with Crippen molar-refractivity contribution in [1.82, 2.24) is 0 Å². The van der Waals surface area contributed by atoms with Crippen LogP contribution in [0.5, 0.6) is 0 Å². The number of carbonyl (C=O) groups is 2. The molecule has 0 aromatic heterocycles. The summed E-state index contributed by atoms with van der Waals surface area (Å²) < 4.78 is 5.93. The smallest absolute Gasteiger partial charge is 0.164 e. The summed E-state index contributed by atoms with van der Waals surface area (Å²) in [6.07, 6.45) is 6.54. The Labute approximate surface area is 149 Å². The largest absolute Gasteiger partial charge is 0.393 e. The lowest BCUT2D eigenvalue weighted by molar-refractivity contribution is -0.158. The van der Waals surface area contributed by atoms with E-state index in [2.05, 4.69) is 13.8 Å². The van der Waals surface area contributed by atoms with Gasteiger partial charge in [-0.15, -0.1) is 0 Å². The topological polar surface area (TPSA) is 66.9 Å². The Bertz CT molecular complexity index is 711. The minimum absolute atomic E-state index is 0.0589. The molecule has 1 saturated heterocycles. The molecular formula is C21H28O4. The number of allylic oxidation sites excluding steroid dienone is 1. The zero-order chi connectivity index (χ0) is 17.8. The monoisotopic (exact) mass is 344 g/mol. The van der Waals surface area contributed by atoms with E-state index in [1.807, 2.05) is 6.08 Å². The highest BCUT2D eigenvalue weighted by Gasteiger charge is 2.80. The van der Waals surface area contributed by atoms with Crippen LogP contribution in [0.25, 0.3) is 0 Å². The van der Waals surface area contributed by atoms with Gasteiger partial charge in [-0.25, -0.2) is 0 Å². The Kier molecular flexibility index (Phi) is 3.00. The van der Waals surface area contributed by atoms with E-state index in [-0.39, 0.29) is 34.4 Å². The fourth-order valence-electron chi connectivity index (χ4n) is 7.75. The fourth-order valence-corrected chi connectivity index (χ4v) is 7.75. The molecule has 0 aromatic rings. The molecule has 25 heavy (non-hydrogen) atoms. The van der Waals surface area contributed by atoms with Crippen LogP contribution >= 0.6 is 0 Å². The van der Waals surface area contributed by atoms with Crippen LogP contribution in [0, 0.1) is 28.6 Å². The van der Waals surface area contributed by atoms with Gasteiger partial charge < -0.3 is 9.84 Å². The van der Waals surface area contributed by atoms with Gasteiger partial charge in [-0.05, 0) is 68.3 Å². The van der Waals surface area contributed by atoms with E-state index < -0.39 is 11.7 Å². The summed E-state index contributed by atoms with van der Waals surface area (Å²) in [5.74, 6) is 1.46. The van der Waals surface area contributed by atoms with E-state index in [1.54, 1.807) is 6.92 Å². The Morgan fingerprint density at radius 2 is 2.08 bits per heavy atom. The normalized spacial score (nSPS) is 56.2. The second-order valence-corrected chi connectivity index (χ2v) is 9.71. The summed E-state index contributed by atoms with van der Waals surface area (Å²) in [6, 6.07) is 0. The molecule has 1 aliphatic heterocycles. The van der Waals surface area contributed by atoms with Crippen LogP contribution in [0.15, 0.2) is 11.6 Å². The molecule has 0 amide bonds. The summed E-state index contributed by atoms with van der Waals surface area (Å²) in [5.41, 5.74) is 0.317. The number of ketones is 2. The Hall–Kier alpha value is -1.00. The zero-order valence-electron chi connectivity index (χ0n) is 15.4. The summed E-state index contributed by atoms with van der Waals surface area (Å²) in [4.78, 5) is 24.3. The van der Waals surface area contributed by atoms with Gasteiger partial charge in [0.05, 0.1) is 12.2 Å². The average molecular weight is 344 g/mol. The molecule has 5 rings (SSSR count). The number of aliphatic hydroxyl groups is 1. The Balaban J connectivity index is 1.56. The van der Waals surface area contributed by atoms with Gasteiger partial charge in [0, 0.05) is 11.8 Å². The van der Waals surface area contributed by atoms with Crippen molar-refractivity contribution in [3.63, 3.8) is 0 Å². The molecule has 0 bridgehead atoms. The van der Waals surface area contributed by atoms with E-state index in [0.717, 1.165) is 25.7 Å². The van der Waals surface area contributed by atoms with Gasteiger partial charge in [-0.1, -0.05) is 19.4 Å². The van der Waals surface area contributed by atoms with E-state index in [9.17, 15) is 14.7 Å². The van der Waals surface area contributed by atoms with Gasteiger partial charge in [0.1, 0.15) is 0 Å². The van der Waals surface area contributed by atoms with Crippen molar-refractivity contribution in [2.75, 3.05) is 0 Å². The molecule has 0 aromatic carbocycles. The van der Waals surface area contributed by atoms with Gasteiger partial charge in [0.2, 0.25) is 0 Å². The first-order valence-corrected chi connectivity index (χ1v) is 9.85. The third-order valence-corrected chi connectivity index (χ3v) is 8.85. The minimum Gasteiger partial charge on any atom is -0.393 e. The molecule has 8 atom stereocenters. The number of aliphatic hydroxyl groups excluding tert-OH is 1. The number of Topliss-reactive ketones (excluding diaryl/α,β-unsaturated/α-hetero) is 1. The Morgan fingerprint density at radius 3 is 2.80 bits per heavy atom. The van der Waals surface area contributed by atoms with Gasteiger partial charge in [-0.2, -0.15) is 0 Å². The number of hydrogen-bond donors (Lipinski definition) is 1. The van der Waals surface area contributed by atoms with Crippen molar-refractivity contribution in [1.29, 1.82) is 0 Å². The second kappa shape index (κ2) is 4.64. The van der Waals surface area contributed by atoms with E-state index in [4.69, 9.17) is 4.74 Å². The van der Waals surface area contributed by atoms with Crippen molar-refractivity contribution in [3.05, 3.63) is 11.6 Å². The van der Waals surface area contributed by atoms with Gasteiger partial charge >= 0.3 is 0 Å². The molecule has 5 aliphatic rings. The number of fused-ring (bicyclic) bond motifs is 7. The number of rotatable bonds is 1. The summed E-state index contributed by atoms with van der Waals surface area (Å²) in [5, 5.41) is 11.2. The van der Waals surface area contributed by atoms with E-state index >= 15 is 0 Å². The summed E-state index contributed by atoms with van der Waals surface area (Å²) in [7, 11) is 0. The maximum absolute atomic E-state index is 12.4. The molecule has 3 saturated carbocycles. The van der Waals surface area contributed by atoms with Crippen molar-refractivity contribution >= 4 is 11.6 Å². The minimum atomic E-state index is -0.636. The number of carbonyl (C=O) groups excluding carboxylic acids is 2. The van der Waals surface area contributed by atoms with Crippen LogP contribution in [-0.4, -0.2) is 34.5 Å². The van der Waals surface area contributed by atoms with Crippen LogP contribution in [0.2, 0.25) is 0 Å². The van der Waals surface area contributed by atoms with Crippen LogP contribution in [0.3, 0.4) is 0 Å². The molecule has 4 heteroatoms. The molecule has 0 radical (unpaired) electrons. The third kappa shape index (κ3) is 1.71. The number of ether oxygens (including phenoxy) is 1. The van der Waals surface area contributed by atoms with Crippen LogP contribution in [0.4, 0.5) is 0 Å². The predicted octanol–water partition coefficient (Wildman–Crippen LogP) is 2.83. The van der Waals surface area contributed by atoms with E-state index in [1.165, 1.54) is 5.57 Å². The van der Waals surface area contributed by atoms with E-state index in [0.29, 0.717) is 24.7 Å². The molecule has 0 spiro atoms. The highest BCUT2D eigenvalue weighted by Crippen LogP contribution is 2.73. The maximum Gasteiger partial charge on any atom is 0.164 e. The third-order valence-electron chi connectivity index (χ3n) is 8.85. The summed E-state index contributed by atoms with van der Waals surface area (Å²) in [6.45, 7) is 6.10. The lowest BCUT2D eigenvalue weighted by Gasteiger charge is -2.60. The lowest BCUT2D eigenvalue weighted by Crippen LogP contribution is -2.59. The first kappa shape index (κ1) is 16.2. The molecule has 1 heterocycles. The fraction of sp³-hybridized carbons (Fsp3) is 0.810. The lowest BCUT2D eigenvalue weighted by atomic mass is 9.45. The standard InChI is InChI=1S/C21H28O4/c1-11(22)21-17(25-21)9-15-14-5-4-12-8-13(23)6-7-19(12,2)18(14)16(24)10-20(15,21)3/h8,14-18,24H,4-7,9-10H2,1-3H3/t14-,15-,16+,17-,18+,19-,20-,21+/m1/s1. The van der Waals surface area contributed by atoms with Crippen molar-refractivity contribution in [2.24, 2.45) is 28.6 Å². The molecule has 0 unspecified atom stereocenters.